The lowest BCUT2D eigenvalue weighted by Crippen LogP contribution is -2.45. The molecule has 28 heavy (non-hydrogen) atoms. The fourth-order valence-corrected chi connectivity index (χ4v) is 4.48. The Balaban J connectivity index is 1.44. The predicted molar refractivity (Wildman–Crippen MR) is 112 cm³/mol. The van der Waals surface area contributed by atoms with Crippen LogP contribution in [0.25, 0.3) is 10.9 Å². The predicted octanol–water partition coefficient (Wildman–Crippen LogP) is 2.48. The number of benzene rings is 1. The molecule has 1 atom stereocenters. The minimum absolute atomic E-state index is 0.0719. The summed E-state index contributed by atoms with van der Waals surface area (Å²) in [5, 5.41) is 7.94. The van der Waals surface area contributed by atoms with E-state index in [1.54, 1.807) is 6.20 Å². The Morgan fingerprint density at radius 2 is 2.14 bits per heavy atom. The van der Waals surface area contributed by atoms with Crippen molar-refractivity contribution in [3.63, 3.8) is 0 Å². The number of amides is 1. The molecule has 0 bridgehead atoms. The summed E-state index contributed by atoms with van der Waals surface area (Å²) in [6, 6.07) is 7.51. The molecular formula is C19H25ClN4O3S. The minimum atomic E-state index is -3.24. The molecule has 152 valence electrons. The summed E-state index contributed by atoms with van der Waals surface area (Å²) in [5.41, 5.74) is 1.81. The van der Waals surface area contributed by atoms with Crippen molar-refractivity contribution in [1.29, 1.82) is 0 Å². The molecule has 1 aromatic heterocycles. The average molecular weight is 425 g/mol. The Morgan fingerprint density at radius 3 is 2.93 bits per heavy atom. The van der Waals surface area contributed by atoms with Crippen molar-refractivity contribution in [2.75, 3.05) is 37.8 Å². The van der Waals surface area contributed by atoms with Gasteiger partial charge in [-0.05, 0) is 43.5 Å². The van der Waals surface area contributed by atoms with E-state index in [1.165, 1.54) is 10.6 Å². The maximum atomic E-state index is 12.3. The Labute approximate surface area is 170 Å². The van der Waals surface area contributed by atoms with Crippen molar-refractivity contribution >= 4 is 44.1 Å². The number of nitrogens with one attached hydrogen (secondary N) is 2. The summed E-state index contributed by atoms with van der Waals surface area (Å²) in [7, 11) is -3.24. The van der Waals surface area contributed by atoms with Crippen LogP contribution in [0.4, 0.5) is 5.69 Å². The van der Waals surface area contributed by atoms with Gasteiger partial charge in [0.2, 0.25) is 15.9 Å². The Bertz CT molecular complexity index is 951. The molecule has 0 radical (unpaired) electrons. The van der Waals surface area contributed by atoms with Crippen LogP contribution in [0.15, 0.2) is 30.5 Å². The van der Waals surface area contributed by atoms with E-state index in [2.05, 4.69) is 15.6 Å². The van der Waals surface area contributed by atoms with E-state index in [4.69, 9.17) is 11.6 Å². The first-order chi connectivity index (χ1) is 13.3. The Kier molecular flexibility index (Phi) is 6.74. The highest BCUT2D eigenvalue weighted by Crippen LogP contribution is 2.24. The van der Waals surface area contributed by atoms with E-state index in [9.17, 15) is 13.2 Å². The highest BCUT2D eigenvalue weighted by Gasteiger charge is 2.29. The van der Waals surface area contributed by atoms with Gasteiger partial charge in [0.15, 0.2) is 0 Å². The zero-order valence-electron chi connectivity index (χ0n) is 15.8. The number of pyridine rings is 1. The van der Waals surface area contributed by atoms with Gasteiger partial charge in [0, 0.05) is 48.5 Å². The highest BCUT2D eigenvalue weighted by molar-refractivity contribution is 7.88. The van der Waals surface area contributed by atoms with Crippen molar-refractivity contribution in [1.82, 2.24) is 14.6 Å². The molecule has 0 spiro atoms. The van der Waals surface area contributed by atoms with Crippen LogP contribution in [0.2, 0.25) is 5.02 Å². The van der Waals surface area contributed by atoms with Crippen LogP contribution >= 0.6 is 11.6 Å². The van der Waals surface area contributed by atoms with Crippen LogP contribution in [0.3, 0.4) is 0 Å². The van der Waals surface area contributed by atoms with Gasteiger partial charge in [0.1, 0.15) is 0 Å². The quantitative estimate of drug-likeness (QED) is 0.666. The second-order valence-electron chi connectivity index (χ2n) is 7.05. The summed E-state index contributed by atoms with van der Waals surface area (Å²) in [5.74, 6) is -0.345. The normalized spacial score (nSPS) is 18.1. The average Bonchev–Trinajstić information content (AvgIpc) is 2.66. The van der Waals surface area contributed by atoms with Crippen LogP contribution in [0, 0.1) is 5.92 Å². The molecule has 2 heterocycles. The number of piperidine rings is 1. The monoisotopic (exact) mass is 424 g/mol. The van der Waals surface area contributed by atoms with Gasteiger partial charge in [-0.2, -0.15) is 0 Å². The maximum Gasteiger partial charge on any atom is 0.224 e. The third kappa shape index (κ3) is 5.33. The molecular weight excluding hydrogens is 400 g/mol. The molecule has 0 aliphatic carbocycles. The summed E-state index contributed by atoms with van der Waals surface area (Å²) < 4.78 is 24.7. The fraction of sp³-hybridized carbons (Fsp3) is 0.474. The standard InChI is InChI=1S/C19H25ClN4O3S/c1-28(26,27)24-11-2-4-14(13-24)19(25)23-9-3-8-21-17-7-10-22-18-12-15(20)5-6-16(17)18/h5-7,10,12,14H,2-4,8-9,11,13H2,1H3,(H,21,22)(H,23,25)/t14-/m0/s1. The number of rotatable bonds is 7. The molecule has 0 saturated carbocycles. The zero-order valence-corrected chi connectivity index (χ0v) is 17.4. The number of anilines is 1. The van der Waals surface area contributed by atoms with Crippen LogP contribution in [0.1, 0.15) is 19.3 Å². The van der Waals surface area contributed by atoms with Gasteiger partial charge >= 0.3 is 0 Å². The van der Waals surface area contributed by atoms with Crippen molar-refractivity contribution in [3.05, 3.63) is 35.5 Å². The van der Waals surface area contributed by atoms with E-state index in [0.717, 1.165) is 29.4 Å². The molecule has 3 rings (SSSR count). The maximum absolute atomic E-state index is 12.3. The molecule has 1 fully saturated rings. The van der Waals surface area contributed by atoms with E-state index < -0.39 is 10.0 Å². The number of hydrogen-bond donors (Lipinski definition) is 2. The first-order valence-electron chi connectivity index (χ1n) is 9.35. The van der Waals surface area contributed by atoms with E-state index in [0.29, 0.717) is 31.1 Å². The number of halogens is 1. The van der Waals surface area contributed by atoms with Crippen LogP contribution in [0.5, 0.6) is 0 Å². The van der Waals surface area contributed by atoms with Crippen molar-refractivity contribution in [2.24, 2.45) is 5.92 Å². The second kappa shape index (κ2) is 9.07. The van der Waals surface area contributed by atoms with Crippen LogP contribution in [-0.4, -0.2) is 56.0 Å². The van der Waals surface area contributed by atoms with Crippen molar-refractivity contribution in [3.8, 4) is 0 Å². The molecule has 9 heteroatoms. The number of nitrogens with zero attached hydrogens (tertiary/aromatic N) is 2. The molecule has 0 unspecified atom stereocenters. The molecule has 1 aromatic carbocycles. The number of aromatic nitrogens is 1. The first-order valence-corrected chi connectivity index (χ1v) is 11.6. The third-order valence-electron chi connectivity index (χ3n) is 4.90. The number of hydrogen-bond acceptors (Lipinski definition) is 5. The molecule has 1 amide bonds. The molecule has 2 N–H and O–H groups in total. The number of fused-ring (bicyclic) bond motifs is 1. The Morgan fingerprint density at radius 1 is 1.32 bits per heavy atom. The van der Waals surface area contributed by atoms with Crippen molar-refractivity contribution < 1.29 is 13.2 Å². The molecule has 1 aliphatic heterocycles. The molecule has 7 nitrogen and oxygen atoms in total. The largest absolute Gasteiger partial charge is 0.384 e. The first kappa shape index (κ1) is 20.8. The molecule has 1 aliphatic rings. The van der Waals surface area contributed by atoms with Gasteiger partial charge in [-0.25, -0.2) is 12.7 Å². The van der Waals surface area contributed by atoms with Crippen LogP contribution in [-0.2, 0) is 14.8 Å². The number of carbonyl (C=O) groups is 1. The summed E-state index contributed by atoms with van der Waals surface area (Å²) >= 11 is 6.01. The number of carbonyl (C=O) groups excluding carboxylic acids is 1. The lowest BCUT2D eigenvalue weighted by Gasteiger charge is -2.30. The highest BCUT2D eigenvalue weighted by atomic mass is 35.5. The topological polar surface area (TPSA) is 91.4 Å². The zero-order chi connectivity index (χ0) is 20.1. The molecule has 1 saturated heterocycles. The lowest BCUT2D eigenvalue weighted by molar-refractivity contribution is -0.126. The lowest BCUT2D eigenvalue weighted by atomic mass is 9.99. The van der Waals surface area contributed by atoms with Gasteiger partial charge in [-0.3, -0.25) is 9.78 Å². The van der Waals surface area contributed by atoms with Gasteiger partial charge in [0.05, 0.1) is 17.7 Å². The fourth-order valence-electron chi connectivity index (χ4n) is 3.40. The van der Waals surface area contributed by atoms with Gasteiger partial charge in [-0.15, -0.1) is 0 Å². The van der Waals surface area contributed by atoms with Gasteiger partial charge in [0.25, 0.3) is 0 Å². The van der Waals surface area contributed by atoms with E-state index in [1.807, 2.05) is 24.3 Å². The second-order valence-corrected chi connectivity index (χ2v) is 9.47. The van der Waals surface area contributed by atoms with E-state index in [-0.39, 0.29) is 18.4 Å². The summed E-state index contributed by atoms with van der Waals surface area (Å²) in [4.78, 5) is 16.7. The minimum Gasteiger partial charge on any atom is -0.384 e. The summed E-state index contributed by atoms with van der Waals surface area (Å²) in [6.45, 7) is 2.00. The summed E-state index contributed by atoms with van der Waals surface area (Å²) in [6.07, 6.45) is 5.12. The van der Waals surface area contributed by atoms with Gasteiger partial charge < -0.3 is 10.6 Å². The van der Waals surface area contributed by atoms with Gasteiger partial charge in [-0.1, -0.05) is 11.6 Å². The van der Waals surface area contributed by atoms with Crippen LogP contribution < -0.4 is 10.6 Å². The van der Waals surface area contributed by atoms with E-state index >= 15 is 0 Å². The SMILES string of the molecule is CS(=O)(=O)N1CCC[C@H](C(=O)NCCCNc2ccnc3cc(Cl)ccc23)C1. The molecule has 2 aromatic rings. The smallest absolute Gasteiger partial charge is 0.224 e. The number of sulfonamides is 1. The van der Waals surface area contributed by atoms with Crippen molar-refractivity contribution in [2.45, 2.75) is 19.3 Å². The Hall–Kier alpha value is -1.90. The third-order valence-corrected chi connectivity index (χ3v) is 6.40.